The van der Waals surface area contributed by atoms with Crippen LogP contribution in [0.3, 0.4) is 0 Å². The molecular weight excluding hydrogens is 424 g/mol. The van der Waals surface area contributed by atoms with Crippen LogP contribution >= 0.6 is 0 Å². The van der Waals surface area contributed by atoms with Crippen LogP contribution in [0.25, 0.3) is 0 Å². The zero-order valence-electron chi connectivity index (χ0n) is 22.9. The molecule has 34 heavy (non-hydrogen) atoms. The van der Waals surface area contributed by atoms with E-state index in [1.165, 1.54) is 5.57 Å². The number of rotatable bonds is 0. The minimum atomic E-state index is -0.697. The van der Waals surface area contributed by atoms with Crippen LogP contribution in [0.2, 0.25) is 0 Å². The molecule has 194 valence electrons. The second kappa shape index (κ2) is 7.11. The van der Waals surface area contributed by atoms with Gasteiger partial charge in [-0.05, 0) is 89.8 Å². The Morgan fingerprint density at radius 3 is 2.03 bits per heavy atom. The van der Waals surface area contributed by atoms with Crippen molar-refractivity contribution in [3.8, 4) is 0 Å². The first-order chi connectivity index (χ1) is 15.4. The number of aliphatic hydroxyl groups excluding tert-OH is 4. The highest BCUT2D eigenvalue weighted by Crippen LogP contribution is 2.75. The van der Waals surface area contributed by atoms with Crippen LogP contribution in [0, 0.1) is 50.2 Å². The van der Waals surface area contributed by atoms with Gasteiger partial charge in [0.15, 0.2) is 0 Å². The predicted octanol–water partition coefficient (Wildman–Crippen LogP) is 5.08. The summed E-state index contributed by atoms with van der Waals surface area (Å²) >= 11 is 0. The van der Waals surface area contributed by atoms with E-state index in [1.807, 2.05) is 0 Å². The third-order valence-corrected chi connectivity index (χ3v) is 13.2. The molecule has 11 atom stereocenters. The predicted molar refractivity (Wildman–Crippen MR) is 135 cm³/mol. The van der Waals surface area contributed by atoms with Crippen molar-refractivity contribution in [3.05, 3.63) is 11.6 Å². The minimum absolute atomic E-state index is 0.0681. The van der Waals surface area contributed by atoms with Crippen molar-refractivity contribution in [2.75, 3.05) is 0 Å². The lowest BCUT2D eigenvalue weighted by Crippen LogP contribution is -2.69. The average molecular weight is 475 g/mol. The van der Waals surface area contributed by atoms with Crippen LogP contribution in [-0.4, -0.2) is 44.8 Å². The second-order valence-electron chi connectivity index (χ2n) is 15.5. The van der Waals surface area contributed by atoms with Gasteiger partial charge in [-0.3, -0.25) is 0 Å². The van der Waals surface area contributed by atoms with Gasteiger partial charge in [0.05, 0.1) is 24.4 Å². The van der Waals surface area contributed by atoms with E-state index in [1.54, 1.807) is 0 Å². The van der Waals surface area contributed by atoms with Crippen LogP contribution in [0.1, 0.15) is 100 Å². The molecule has 0 radical (unpaired) electrons. The van der Waals surface area contributed by atoms with E-state index >= 15 is 0 Å². The molecule has 4 fully saturated rings. The van der Waals surface area contributed by atoms with Crippen molar-refractivity contribution in [2.24, 2.45) is 50.2 Å². The number of hydrogen-bond acceptors (Lipinski definition) is 4. The van der Waals surface area contributed by atoms with Gasteiger partial charge in [0.1, 0.15) is 0 Å². The van der Waals surface area contributed by atoms with Crippen molar-refractivity contribution in [2.45, 2.75) is 125 Å². The summed E-state index contributed by atoms with van der Waals surface area (Å²) in [4.78, 5) is 0. The maximum absolute atomic E-state index is 12.0. The van der Waals surface area contributed by atoms with Gasteiger partial charge in [-0.2, -0.15) is 0 Å². The largest absolute Gasteiger partial charge is 0.393 e. The van der Waals surface area contributed by atoms with Gasteiger partial charge in [0.2, 0.25) is 0 Å². The second-order valence-corrected chi connectivity index (χ2v) is 15.5. The molecule has 0 aromatic heterocycles. The molecule has 5 aliphatic carbocycles. The summed E-state index contributed by atoms with van der Waals surface area (Å²) in [6.45, 7) is 18.2. The fraction of sp³-hybridized carbons (Fsp3) is 0.933. The molecule has 0 bridgehead atoms. The molecule has 0 amide bonds. The first kappa shape index (κ1) is 25.2. The van der Waals surface area contributed by atoms with E-state index in [2.05, 4.69) is 61.5 Å². The lowest BCUT2D eigenvalue weighted by atomic mass is 9.33. The zero-order chi connectivity index (χ0) is 25.3. The van der Waals surface area contributed by atoms with Crippen LogP contribution in [0.15, 0.2) is 11.6 Å². The molecule has 4 saturated carbocycles. The van der Waals surface area contributed by atoms with Crippen LogP contribution in [0.5, 0.6) is 0 Å². The number of aliphatic hydroxyl groups is 4. The van der Waals surface area contributed by atoms with E-state index in [0.29, 0.717) is 24.2 Å². The fourth-order valence-electron chi connectivity index (χ4n) is 10.8. The van der Waals surface area contributed by atoms with Crippen molar-refractivity contribution in [1.29, 1.82) is 0 Å². The van der Waals surface area contributed by atoms with E-state index in [0.717, 1.165) is 38.5 Å². The summed E-state index contributed by atoms with van der Waals surface area (Å²) in [6, 6.07) is 0. The Labute approximate surface area is 207 Å². The molecule has 0 heterocycles. The Kier molecular flexibility index (Phi) is 5.28. The third-order valence-electron chi connectivity index (χ3n) is 13.2. The highest BCUT2D eigenvalue weighted by atomic mass is 16.3. The summed E-state index contributed by atoms with van der Waals surface area (Å²) < 4.78 is 0. The van der Waals surface area contributed by atoms with Gasteiger partial charge in [-0.15, -0.1) is 0 Å². The Bertz CT molecular complexity index is 892. The summed E-state index contributed by atoms with van der Waals surface area (Å²) in [5.41, 5.74) is 0.471. The van der Waals surface area contributed by atoms with Crippen molar-refractivity contribution >= 4 is 0 Å². The minimum Gasteiger partial charge on any atom is -0.393 e. The third kappa shape index (κ3) is 2.86. The van der Waals surface area contributed by atoms with E-state index in [-0.39, 0.29) is 38.6 Å². The van der Waals surface area contributed by atoms with E-state index in [4.69, 9.17) is 0 Å². The van der Waals surface area contributed by atoms with Gasteiger partial charge >= 0.3 is 0 Å². The maximum Gasteiger partial charge on any atom is 0.0852 e. The molecular formula is C30H50O4. The SMILES string of the molecule is CC1(C)C[C@@H]2C3=CC[C@@H]4[C@@]5(C)C[C@H](O)[C@H](O)C(C)(C)C5CC[C@@]4(C)[C@]3(C)[C@@H](O)C[C@@]2(C)C[C@@H]1O. The van der Waals surface area contributed by atoms with E-state index in [9.17, 15) is 20.4 Å². The Hall–Kier alpha value is -0.420. The number of allylic oxidation sites excluding steroid dienone is 1. The summed E-state index contributed by atoms with van der Waals surface area (Å²) in [5.74, 6) is 1.10. The Morgan fingerprint density at radius 2 is 1.38 bits per heavy atom. The van der Waals surface area contributed by atoms with Gasteiger partial charge < -0.3 is 20.4 Å². The summed E-state index contributed by atoms with van der Waals surface area (Å²) in [6.07, 6.45) is 6.51. The fourth-order valence-corrected chi connectivity index (χ4v) is 10.8. The Balaban J connectivity index is 1.62. The normalized spacial score (nSPS) is 58.0. The lowest BCUT2D eigenvalue weighted by Gasteiger charge is -2.72. The van der Waals surface area contributed by atoms with Crippen LogP contribution < -0.4 is 0 Å². The van der Waals surface area contributed by atoms with Crippen molar-refractivity contribution in [3.63, 3.8) is 0 Å². The molecule has 0 aromatic rings. The monoisotopic (exact) mass is 474 g/mol. The number of hydrogen-bond donors (Lipinski definition) is 4. The standard InChI is InChI=1S/C30H50O4/c1-25(2)13-18-17-9-10-21-28(6)14-19(31)24(34)26(3,4)20(28)11-12-29(21,7)30(17,8)23(33)16-27(18,5)15-22(25)32/h9,18-24,31-34H,10-16H2,1-8H3/t18-,19+,20?,21-,22+,23+,24+,27-,28+,29-,30+/m1/s1. The zero-order valence-corrected chi connectivity index (χ0v) is 22.9. The molecule has 0 spiro atoms. The molecule has 4 heteroatoms. The van der Waals surface area contributed by atoms with E-state index < -0.39 is 18.3 Å². The van der Waals surface area contributed by atoms with Gasteiger partial charge in [-0.25, -0.2) is 0 Å². The molecule has 0 aliphatic heterocycles. The molecule has 0 saturated heterocycles. The topological polar surface area (TPSA) is 80.9 Å². The molecule has 5 aliphatic rings. The first-order valence-electron chi connectivity index (χ1n) is 13.9. The molecule has 1 unspecified atom stereocenters. The summed E-state index contributed by atoms with van der Waals surface area (Å²) in [7, 11) is 0. The smallest absolute Gasteiger partial charge is 0.0852 e. The summed E-state index contributed by atoms with van der Waals surface area (Å²) in [5, 5.41) is 44.8. The molecule has 0 aromatic carbocycles. The Morgan fingerprint density at radius 1 is 0.765 bits per heavy atom. The average Bonchev–Trinajstić information content (AvgIpc) is 2.70. The van der Waals surface area contributed by atoms with Gasteiger partial charge in [-0.1, -0.05) is 67.0 Å². The maximum atomic E-state index is 12.0. The van der Waals surface area contributed by atoms with Crippen molar-refractivity contribution < 1.29 is 20.4 Å². The van der Waals surface area contributed by atoms with Crippen molar-refractivity contribution in [1.82, 2.24) is 0 Å². The van der Waals surface area contributed by atoms with Gasteiger partial charge in [0, 0.05) is 5.41 Å². The highest BCUT2D eigenvalue weighted by molar-refractivity contribution is 5.35. The lowest BCUT2D eigenvalue weighted by molar-refractivity contribution is -0.245. The quantitative estimate of drug-likeness (QED) is 0.369. The highest BCUT2D eigenvalue weighted by Gasteiger charge is 2.71. The molecule has 5 rings (SSSR count). The van der Waals surface area contributed by atoms with Gasteiger partial charge in [0.25, 0.3) is 0 Å². The van der Waals surface area contributed by atoms with Crippen LogP contribution in [0.4, 0.5) is 0 Å². The van der Waals surface area contributed by atoms with Crippen LogP contribution in [-0.2, 0) is 0 Å². The molecule has 4 N–H and O–H groups in total. The number of fused-ring (bicyclic) bond motifs is 7. The first-order valence-corrected chi connectivity index (χ1v) is 13.9. The molecule has 4 nitrogen and oxygen atoms in total.